The maximum absolute atomic E-state index is 13.5. The molecule has 5 atom stereocenters. The van der Waals surface area contributed by atoms with E-state index in [1.807, 2.05) is 55.6 Å². The lowest BCUT2D eigenvalue weighted by Crippen LogP contribution is -2.79. The largest absolute Gasteiger partial charge is 0.504 e. The first-order valence-corrected chi connectivity index (χ1v) is 15.3. The minimum absolute atomic E-state index is 0.0390. The van der Waals surface area contributed by atoms with Crippen molar-refractivity contribution in [2.24, 2.45) is 0 Å². The molecule has 1 saturated heterocycles. The van der Waals surface area contributed by atoms with E-state index in [1.165, 1.54) is 12.5 Å². The molecule has 3 aromatic rings. The zero-order chi connectivity index (χ0) is 29.8. The monoisotopic (exact) mass is 578 g/mol. The third kappa shape index (κ3) is 4.27. The van der Waals surface area contributed by atoms with Crippen LogP contribution in [0.1, 0.15) is 48.4 Å². The molecule has 7 heteroatoms. The second kappa shape index (κ2) is 10.6. The molecule has 43 heavy (non-hydrogen) atoms. The van der Waals surface area contributed by atoms with Crippen molar-refractivity contribution in [3.05, 3.63) is 101 Å². The summed E-state index contributed by atoms with van der Waals surface area (Å²) in [5, 5.41) is 11.0. The third-order valence-electron chi connectivity index (χ3n) is 10.4. The highest BCUT2D eigenvalue weighted by Gasteiger charge is 2.75. The fourth-order valence-electron chi connectivity index (χ4n) is 8.63. The average Bonchev–Trinajstić information content (AvgIpc) is 3.37. The summed E-state index contributed by atoms with van der Waals surface area (Å²) in [6, 6.07) is 23.7. The number of phenolic OH excluding ortho intramolecular Hbond substituents is 1. The zero-order valence-electron chi connectivity index (χ0n) is 24.7. The van der Waals surface area contributed by atoms with Crippen LogP contribution in [0.4, 0.5) is 0 Å². The Labute approximate surface area is 252 Å². The van der Waals surface area contributed by atoms with Crippen LogP contribution in [0, 0.1) is 0 Å². The molecule has 0 radical (unpaired) electrons. The number of likely N-dealkylation sites (N-methyl/N-ethyl adjacent to an activating group) is 1. The normalized spacial score (nSPS) is 28.7. The van der Waals surface area contributed by atoms with Gasteiger partial charge in [0.05, 0.1) is 17.5 Å². The van der Waals surface area contributed by atoms with Gasteiger partial charge in [-0.05, 0) is 67.5 Å². The van der Waals surface area contributed by atoms with Crippen LogP contribution in [-0.2, 0) is 32.6 Å². The summed E-state index contributed by atoms with van der Waals surface area (Å²) in [5.74, 6) is 0.171. The van der Waals surface area contributed by atoms with Gasteiger partial charge in [-0.2, -0.15) is 0 Å². The van der Waals surface area contributed by atoms with Crippen LogP contribution in [0.25, 0.3) is 6.08 Å². The van der Waals surface area contributed by atoms with Gasteiger partial charge >= 0.3 is 5.97 Å². The van der Waals surface area contributed by atoms with Crippen molar-refractivity contribution in [1.82, 2.24) is 9.80 Å². The predicted molar refractivity (Wildman–Crippen MR) is 164 cm³/mol. The highest BCUT2D eigenvalue weighted by Crippen LogP contribution is 2.67. The molecule has 3 aromatic carbocycles. The standard InChI is InChI=1S/C36H38N2O5/c1-24(39)43-36-19-17-28(37(2)31(41)16-13-25-9-5-3-6-10-25)34-35(36)20-22-38(21-18-26-11-7-4-8-12-26)30(36)23-27-14-15-29(40)33(42-34)32(27)35/h3-16,28,30,34,40H,17-23H2,1-2H3/t28-,30+,34-,35-,36+/m0/s1. The second-order valence-corrected chi connectivity index (χ2v) is 12.5. The lowest BCUT2D eigenvalue weighted by atomic mass is 9.48. The van der Waals surface area contributed by atoms with Crippen LogP contribution >= 0.6 is 0 Å². The van der Waals surface area contributed by atoms with Crippen molar-refractivity contribution in [3.8, 4) is 11.5 Å². The summed E-state index contributed by atoms with van der Waals surface area (Å²) in [6.45, 7) is 3.16. The van der Waals surface area contributed by atoms with Gasteiger partial charge in [-0.1, -0.05) is 66.7 Å². The number of nitrogens with zero attached hydrogens (tertiary/aromatic N) is 2. The number of aromatic hydroxyl groups is 1. The van der Waals surface area contributed by atoms with Crippen molar-refractivity contribution < 1.29 is 24.2 Å². The fraction of sp³-hybridized carbons (Fsp3) is 0.389. The zero-order valence-corrected chi connectivity index (χ0v) is 24.7. The SMILES string of the molecule is CC(=O)O[C@@]12CC[C@H](N(C)C(=O)C=Cc3ccccc3)[C@@H]3Oc4c(O)ccc5c4[C@@]31CCN(CCc1ccccc1)[C@@H]2C5. The van der Waals surface area contributed by atoms with Crippen LogP contribution < -0.4 is 4.74 Å². The molecule has 222 valence electrons. The highest BCUT2D eigenvalue weighted by atomic mass is 16.6. The number of benzene rings is 3. The molecule has 0 aromatic heterocycles. The number of hydrogen-bond acceptors (Lipinski definition) is 6. The van der Waals surface area contributed by atoms with Crippen LogP contribution in [0.5, 0.6) is 11.5 Å². The van der Waals surface area contributed by atoms with Gasteiger partial charge in [0.1, 0.15) is 11.7 Å². The summed E-state index contributed by atoms with van der Waals surface area (Å²) in [5.41, 5.74) is 2.84. The molecular formula is C36H38N2O5. The molecule has 4 aliphatic rings. The van der Waals surface area contributed by atoms with Gasteiger partial charge < -0.3 is 19.5 Å². The molecular weight excluding hydrogens is 540 g/mol. The summed E-state index contributed by atoms with van der Waals surface area (Å²) in [7, 11) is 1.83. The van der Waals surface area contributed by atoms with E-state index >= 15 is 0 Å². The molecule has 2 aliphatic carbocycles. The second-order valence-electron chi connectivity index (χ2n) is 12.5. The first kappa shape index (κ1) is 27.7. The molecule has 0 unspecified atom stereocenters. The van der Waals surface area contributed by atoms with Crippen molar-refractivity contribution in [2.45, 2.75) is 68.2 Å². The number of ether oxygens (including phenoxy) is 2. The Balaban J connectivity index is 1.28. The maximum Gasteiger partial charge on any atom is 0.303 e. The number of likely N-dealkylation sites (tertiary alicyclic amines) is 1. The van der Waals surface area contributed by atoms with Crippen molar-refractivity contribution in [2.75, 3.05) is 20.1 Å². The minimum atomic E-state index is -0.829. The number of esters is 1. The molecule has 2 fully saturated rings. The van der Waals surface area contributed by atoms with E-state index < -0.39 is 17.1 Å². The van der Waals surface area contributed by atoms with Gasteiger partial charge in [-0.25, -0.2) is 0 Å². The molecule has 2 heterocycles. The number of phenols is 1. The van der Waals surface area contributed by atoms with E-state index in [9.17, 15) is 14.7 Å². The number of carbonyl (C=O) groups excluding carboxylic acids is 2. The lowest BCUT2D eigenvalue weighted by Gasteiger charge is -2.65. The topological polar surface area (TPSA) is 79.3 Å². The van der Waals surface area contributed by atoms with Crippen LogP contribution in [0.2, 0.25) is 0 Å². The molecule has 1 N–H and O–H groups in total. The van der Waals surface area contributed by atoms with E-state index in [0.29, 0.717) is 31.4 Å². The average molecular weight is 579 g/mol. The Bertz CT molecular complexity index is 1570. The number of hydrogen-bond donors (Lipinski definition) is 1. The Hall–Kier alpha value is -4.10. The van der Waals surface area contributed by atoms with Gasteiger partial charge in [0.25, 0.3) is 0 Å². The Kier molecular flexibility index (Phi) is 6.81. The molecule has 1 saturated carbocycles. The predicted octanol–water partition coefficient (Wildman–Crippen LogP) is 4.90. The molecule has 2 aliphatic heterocycles. The summed E-state index contributed by atoms with van der Waals surface area (Å²) in [4.78, 5) is 30.8. The smallest absolute Gasteiger partial charge is 0.303 e. The summed E-state index contributed by atoms with van der Waals surface area (Å²) < 4.78 is 13.3. The number of piperidine rings is 1. The Morgan fingerprint density at radius 2 is 1.81 bits per heavy atom. The minimum Gasteiger partial charge on any atom is -0.504 e. The number of carbonyl (C=O) groups is 2. The van der Waals surface area contributed by atoms with Crippen LogP contribution in [-0.4, -0.2) is 70.7 Å². The van der Waals surface area contributed by atoms with E-state index in [-0.39, 0.29) is 29.7 Å². The number of amides is 1. The highest BCUT2D eigenvalue weighted by molar-refractivity contribution is 5.92. The summed E-state index contributed by atoms with van der Waals surface area (Å²) >= 11 is 0. The van der Waals surface area contributed by atoms with E-state index in [2.05, 4.69) is 29.2 Å². The quantitative estimate of drug-likeness (QED) is 0.318. The molecule has 7 rings (SSSR count). The third-order valence-corrected chi connectivity index (χ3v) is 10.4. The maximum atomic E-state index is 13.5. The van der Waals surface area contributed by atoms with Gasteiger partial charge in [-0.15, -0.1) is 0 Å². The first-order chi connectivity index (χ1) is 20.8. The Morgan fingerprint density at radius 3 is 2.56 bits per heavy atom. The van der Waals surface area contributed by atoms with Crippen molar-refractivity contribution in [1.29, 1.82) is 0 Å². The van der Waals surface area contributed by atoms with Gasteiger partial charge in [0, 0.05) is 32.2 Å². The number of rotatable bonds is 7. The van der Waals surface area contributed by atoms with Crippen molar-refractivity contribution in [3.63, 3.8) is 0 Å². The molecule has 2 bridgehead atoms. The molecule has 1 amide bonds. The van der Waals surface area contributed by atoms with E-state index in [1.54, 1.807) is 17.0 Å². The first-order valence-electron chi connectivity index (χ1n) is 15.3. The van der Waals surface area contributed by atoms with Gasteiger partial charge in [0.2, 0.25) is 5.91 Å². The fourth-order valence-corrected chi connectivity index (χ4v) is 8.63. The van der Waals surface area contributed by atoms with Crippen LogP contribution in [0.3, 0.4) is 0 Å². The van der Waals surface area contributed by atoms with Gasteiger partial charge in [0.15, 0.2) is 11.5 Å². The molecule has 1 spiro atoms. The van der Waals surface area contributed by atoms with E-state index in [0.717, 1.165) is 36.2 Å². The van der Waals surface area contributed by atoms with Gasteiger partial charge in [-0.3, -0.25) is 14.5 Å². The van der Waals surface area contributed by atoms with E-state index in [4.69, 9.17) is 9.47 Å². The summed E-state index contributed by atoms with van der Waals surface area (Å²) in [6.07, 6.45) is 6.54. The lowest BCUT2D eigenvalue weighted by molar-refractivity contribution is -0.223. The van der Waals surface area contributed by atoms with Crippen molar-refractivity contribution >= 4 is 18.0 Å². The van der Waals surface area contributed by atoms with Crippen LogP contribution in [0.15, 0.2) is 78.9 Å². The Morgan fingerprint density at radius 1 is 1.07 bits per heavy atom. The molecule has 7 nitrogen and oxygen atoms in total.